The first-order valence-electron chi connectivity index (χ1n) is 3.64. The zero-order valence-electron chi connectivity index (χ0n) is 6.81. The molecular weight excluding hydrogens is 188 g/mol. The molecule has 0 aromatic heterocycles. The van der Waals surface area contributed by atoms with Crippen molar-refractivity contribution in [2.24, 2.45) is 10.9 Å². The van der Waals surface area contributed by atoms with Crippen molar-refractivity contribution in [2.75, 3.05) is 0 Å². The van der Waals surface area contributed by atoms with Gasteiger partial charge in [0.15, 0.2) is 5.84 Å². The van der Waals surface area contributed by atoms with Crippen LogP contribution in [0.2, 0.25) is 5.02 Å². The van der Waals surface area contributed by atoms with Gasteiger partial charge in [0.05, 0.1) is 0 Å². The van der Waals surface area contributed by atoms with Gasteiger partial charge in [-0.25, -0.2) is 0 Å². The van der Waals surface area contributed by atoms with Gasteiger partial charge in [-0.15, -0.1) is 0 Å². The molecule has 3 N–H and O–H groups in total. The molecule has 0 spiro atoms. The average Bonchev–Trinajstić information content (AvgIpc) is 2.16. The third-order valence-corrected chi connectivity index (χ3v) is 1.80. The first kappa shape index (κ1) is 9.61. The highest BCUT2D eigenvalue weighted by atomic mass is 35.5. The van der Waals surface area contributed by atoms with Crippen LogP contribution < -0.4 is 5.73 Å². The van der Waals surface area contributed by atoms with Crippen LogP contribution in [0.1, 0.15) is 5.56 Å². The van der Waals surface area contributed by atoms with Gasteiger partial charge in [0.1, 0.15) is 0 Å². The molecule has 0 bridgehead atoms. The van der Waals surface area contributed by atoms with Crippen LogP contribution in [0.3, 0.4) is 0 Å². The van der Waals surface area contributed by atoms with E-state index in [0.717, 1.165) is 5.56 Å². The normalized spacial score (nSPS) is 12.2. The lowest BCUT2D eigenvalue weighted by atomic mass is 10.2. The van der Waals surface area contributed by atoms with E-state index in [9.17, 15) is 0 Å². The fourth-order valence-electron chi connectivity index (χ4n) is 0.819. The van der Waals surface area contributed by atoms with Gasteiger partial charge in [-0.05, 0) is 23.8 Å². The summed E-state index contributed by atoms with van der Waals surface area (Å²) >= 11 is 5.86. The molecule has 68 valence electrons. The van der Waals surface area contributed by atoms with Crippen molar-refractivity contribution in [3.05, 3.63) is 40.9 Å². The second kappa shape index (κ2) is 4.52. The largest absolute Gasteiger partial charge is 0.409 e. The minimum absolute atomic E-state index is 0.0416. The SMILES string of the molecule is NC(/C=C/c1ccccc1Cl)=NO. The van der Waals surface area contributed by atoms with Crippen LogP contribution in [0.4, 0.5) is 0 Å². The average molecular weight is 197 g/mol. The molecule has 1 aromatic rings. The summed E-state index contributed by atoms with van der Waals surface area (Å²) in [6, 6.07) is 7.30. The van der Waals surface area contributed by atoms with E-state index < -0.39 is 0 Å². The minimum atomic E-state index is 0.0416. The van der Waals surface area contributed by atoms with Crippen LogP contribution in [0.5, 0.6) is 0 Å². The Balaban J connectivity index is 2.86. The number of oxime groups is 1. The zero-order chi connectivity index (χ0) is 9.68. The molecule has 0 saturated heterocycles. The maximum Gasteiger partial charge on any atom is 0.162 e. The van der Waals surface area contributed by atoms with Crippen LogP contribution >= 0.6 is 11.6 Å². The predicted octanol–water partition coefficient (Wildman–Crippen LogP) is 2.10. The number of nitrogens with zero attached hydrogens (tertiary/aromatic N) is 1. The van der Waals surface area contributed by atoms with Gasteiger partial charge in [0, 0.05) is 5.02 Å². The third kappa shape index (κ3) is 2.80. The number of amidine groups is 1. The summed E-state index contributed by atoms with van der Waals surface area (Å²) in [6.45, 7) is 0. The molecule has 0 aliphatic rings. The summed E-state index contributed by atoms with van der Waals surface area (Å²) in [6.07, 6.45) is 3.15. The number of halogens is 1. The van der Waals surface area contributed by atoms with E-state index in [2.05, 4.69) is 5.16 Å². The second-order valence-electron chi connectivity index (χ2n) is 2.38. The maximum absolute atomic E-state index is 8.26. The molecule has 1 rings (SSSR count). The maximum atomic E-state index is 8.26. The topological polar surface area (TPSA) is 58.6 Å². The zero-order valence-corrected chi connectivity index (χ0v) is 7.57. The first-order chi connectivity index (χ1) is 6.24. The molecule has 0 unspecified atom stereocenters. The Morgan fingerprint density at radius 1 is 1.46 bits per heavy atom. The number of hydrogen-bond donors (Lipinski definition) is 2. The van der Waals surface area contributed by atoms with Gasteiger partial charge in [0.2, 0.25) is 0 Å². The van der Waals surface area contributed by atoms with Crippen molar-refractivity contribution in [1.29, 1.82) is 0 Å². The van der Waals surface area contributed by atoms with Crippen LogP contribution in [0.15, 0.2) is 35.5 Å². The summed E-state index contributed by atoms with van der Waals surface area (Å²) in [4.78, 5) is 0. The van der Waals surface area contributed by atoms with Gasteiger partial charge >= 0.3 is 0 Å². The Morgan fingerprint density at radius 2 is 2.15 bits per heavy atom. The highest BCUT2D eigenvalue weighted by molar-refractivity contribution is 6.32. The molecule has 1 aromatic carbocycles. The van der Waals surface area contributed by atoms with E-state index in [-0.39, 0.29) is 5.84 Å². The van der Waals surface area contributed by atoms with E-state index in [0.29, 0.717) is 5.02 Å². The van der Waals surface area contributed by atoms with E-state index >= 15 is 0 Å². The van der Waals surface area contributed by atoms with Crippen LogP contribution in [-0.4, -0.2) is 11.0 Å². The molecule has 0 radical (unpaired) electrons. The second-order valence-corrected chi connectivity index (χ2v) is 2.79. The summed E-state index contributed by atoms with van der Waals surface area (Å²) < 4.78 is 0. The molecule has 0 aliphatic heterocycles. The Morgan fingerprint density at radius 3 is 2.77 bits per heavy atom. The fourth-order valence-corrected chi connectivity index (χ4v) is 1.02. The molecule has 0 amide bonds. The monoisotopic (exact) mass is 196 g/mol. The summed E-state index contributed by atoms with van der Waals surface area (Å²) in [5.74, 6) is 0.0416. The van der Waals surface area contributed by atoms with Gasteiger partial charge in [-0.1, -0.05) is 35.0 Å². The molecule has 3 nitrogen and oxygen atoms in total. The Kier molecular flexibility index (Phi) is 3.34. The van der Waals surface area contributed by atoms with Crippen molar-refractivity contribution in [3.63, 3.8) is 0 Å². The van der Waals surface area contributed by atoms with Crippen molar-refractivity contribution >= 4 is 23.5 Å². The highest BCUT2D eigenvalue weighted by Gasteiger charge is 1.93. The van der Waals surface area contributed by atoms with E-state index in [1.165, 1.54) is 6.08 Å². The van der Waals surface area contributed by atoms with Gasteiger partial charge in [0.25, 0.3) is 0 Å². The first-order valence-corrected chi connectivity index (χ1v) is 4.02. The van der Waals surface area contributed by atoms with E-state index in [1.807, 2.05) is 18.2 Å². The number of nitrogens with two attached hydrogens (primary N) is 1. The van der Waals surface area contributed by atoms with Crippen LogP contribution in [-0.2, 0) is 0 Å². The van der Waals surface area contributed by atoms with Gasteiger partial charge in [-0.3, -0.25) is 0 Å². The van der Waals surface area contributed by atoms with Crippen molar-refractivity contribution in [3.8, 4) is 0 Å². The quantitative estimate of drug-likeness (QED) is 0.329. The Bertz CT molecular complexity index is 347. The third-order valence-electron chi connectivity index (χ3n) is 1.45. The lowest BCUT2D eigenvalue weighted by Gasteiger charge is -1.95. The smallest absolute Gasteiger partial charge is 0.162 e. The summed E-state index contributed by atoms with van der Waals surface area (Å²) in [5, 5.41) is 11.7. The van der Waals surface area contributed by atoms with Crippen molar-refractivity contribution in [1.82, 2.24) is 0 Å². The van der Waals surface area contributed by atoms with Gasteiger partial charge < -0.3 is 10.9 Å². The summed E-state index contributed by atoms with van der Waals surface area (Å²) in [5.41, 5.74) is 6.07. The fraction of sp³-hybridized carbons (Fsp3) is 0. The molecule has 0 atom stereocenters. The van der Waals surface area contributed by atoms with E-state index in [1.54, 1.807) is 12.1 Å². The van der Waals surface area contributed by atoms with Crippen molar-refractivity contribution < 1.29 is 5.21 Å². The molecule has 0 saturated carbocycles. The lowest BCUT2D eigenvalue weighted by Crippen LogP contribution is -2.06. The number of rotatable bonds is 2. The molecule has 0 heterocycles. The Labute approximate surface area is 81.1 Å². The summed E-state index contributed by atoms with van der Waals surface area (Å²) in [7, 11) is 0. The van der Waals surface area contributed by atoms with Crippen LogP contribution in [0, 0.1) is 0 Å². The highest BCUT2D eigenvalue weighted by Crippen LogP contribution is 2.15. The lowest BCUT2D eigenvalue weighted by molar-refractivity contribution is 0.319. The standard InChI is InChI=1S/C9H9ClN2O/c10-8-4-2-1-3-7(8)5-6-9(11)12-13/h1-6,13H,(H2,11,12)/b6-5+. The number of benzene rings is 1. The molecular formula is C9H9ClN2O. The number of hydrogen-bond acceptors (Lipinski definition) is 2. The molecule has 4 heteroatoms. The minimum Gasteiger partial charge on any atom is -0.409 e. The van der Waals surface area contributed by atoms with Gasteiger partial charge in [-0.2, -0.15) is 0 Å². The molecule has 0 fully saturated rings. The van der Waals surface area contributed by atoms with E-state index in [4.69, 9.17) is 22.5 Å². The predicted molar refractivity (Wildman–Crippen MR) is 53.9 cm³/mol. The molecule has 0 aliphatic carbocycles. The van der Waals surface area contributed by atoms with Crippen LogP contribution in [0.25, 0.3) is 6.08 Å². The Hall–Kier alpha value is -1.48. The van der Waals surface area contributed by atoms with Crippen molar-refractivity contribution in [2.45, 2.75) is 0 Å². The molecule has 13 heavy (non-hydrogen) atoms.